The van der Waals surface area contributed by atoms with Crippen molar-refractivity contribution in [2.45, 2.75) is 26.8 Å². The lowest BCUT2D eigenvalue weighted by Gasteiger charge is -2.28. The Balaban J connectivity index is 2.49. The molecule has 8 heteroatoms. The van der Waals surface area contributed by atoms with E-state index < -0.39 is 29.1 Å². The number of carbonyl (C=O) groups excluding carboxylic acids is 2. The van der Waals surface area contributed by atoms with Crippen molar-refractivity contribution in [3.63, 3.8) is 0 Å². The summed E-state index contributed by atoms with van der Waals surface area (Å²) in [6.45, 7) is 5.32. The van der Waals surface area contributed by atoms with Gasteiger partial charge in [-0.1, -0.05) is 20.8 Å². The first-order valence-electron chi connectivity index (χ1n) is 6.77. The van der Waals surface area contributed by atoms with Gasteiger partial charge in [-0.2, -0.15) is 0 Å². The molecule has 3 N–H and O–H groups in total. The largest absolute Gasteiger partial charge is 0.368 e. The number of nitrogens with one attached hydrogen (secondary N) is 1. The quantitative estimate of drug-likeness (QED) is 0.824. The van der Waals surface area contributed by atoms with Gasteiger partial charge >= 0.3 is 11.7 Å². The fraction of sp³-hybridized carbons (Fsp3) is 0.429. The maximum atomic E-state index is 12.5. The van der Waals surface area contributed by atoms with Crippen LogP contribution in [0.5, 0.6) is 0 Å². The van der Waals surface area contributed by atoms with E-state index >= 15 is 0 Å². The van der Waals surface area contributed by atoms with Crippen LogP contribution in [0, 0.1) is 5.41 Å². The Bertz CT molecular complexity index is 797. The molecule has 0 fully saturated rings. The average molecular weight is 305 g/mol. The van der Waals surface area contributed by atoms with E-state index in [0.717, 1.165) is 4.57 Å². The van der Waals surface area contributed by atoms with E-state index in [0.29, 0.717) is 11.2 Å². The lowest BCUT2D eigenvalue weighted by atomic mass is 9.86. The summed E-state index contributed by atoms with van der Waals surface area (Å²) in [6.07, 6.45) is 1.53. The molecule has 2 heterocycles. The summed E-state index contributed by atoms with van der Waals surface area (Å²) in [6, 6.07) is 1.63. The molecule has 0 aromatic carbocycles. The van der Waals surface area contributed by atoms with Crippen molar-refractivity contribution >= 4 is 23.1 Å². The van der Waals surface area contributed by atoms with E-state index in [1.807, 2.05) is 0 Å². The van der Waals surface area contributed by atoms with Gasteiger partial charge in [0.05, 0.1) is 5.52 Å². The summed E-state index contributed by atoms with van der Waals surface area (Å²) in [5.74, 6) is -0.660. The predicted molar refractivity (Wildman–Crippen MR) is 81.3 cm³/mol. The maximum absolute atomic E-state index is 12.5. The highest BCUT2D eigenvalue weighted by Crippen LogP contribution is 2.19. The first kappa shape index (κ1) is 15.7. The molecule has 0 radical (unpaired) electrons. The fourth-order valence-corrected chi connectivity index (χ4v) is 2.26. The minimum atomic E-state index is -0.904. The Morgan fingerprint density at radius 1 is 1.36 bits per heavy atom. The number of carbonyl (C=O) groups is 2. The molecule has 0 aliphatic heterocycles. The van der Waals surface area contributed by atoms with Crippen molar-refractivity contribution in [1.29, 1.82) is 0 Å². The molecule has 22 heavy (non-hydrogen) atoms. The van der Waals surface area contributed by atoms with Gasteiger partial charge in [-0.15, -0.1) is 0 Å². The van der Waals surface area contributed by atoms with E-state index in [2.05, 4.69) is 10.3 Å². The summed E-state index contributed by atoms with van der Waals surface area (Å²) < 4.78 is 2.22. The normalized spacial score (nSPS) is 13.1. The van der Waals surface area contributed by atoms with E-state index in [1.54, 1.807) is 32.9 Å². The Hall–Kier alpha value is -2.64. The third-order valence-electron chi connectivity index (χ3n) is 3.42. The van der Waals surface area contributed by atoms with Crippen LogP contribution in [0.25, 0.3) is 11.2 Å². The van der Waals surface area contributed by atoms with Crippen molar-refractivity contribution in [1.82, 2.24) is 19.4 Å². The standard InChI is InChI=1S/C14H19N5O3/c1-14(2,3)9(10(15)20)17-12(21)19-8-6-5-7-16-11(8)18(4)13(19)22/h5-7,9H,1-4H3,(H2,15,20)(H,17,21)/t9-/m1/s1. The average Bonchev–Trinajstić information content (AvgIpc) is 2.67. The SMILES string of the molecule is Cn1c(=O)n(C(=O)N[C@H](C(N)=O)C(C)(C)C)c2cccnc21. The monoisotopic (exact) mass is 305 g/mol. The zero-order chi connectivity index (χ0) is 16.7. The first-order chi connectivity index (χ1) is 10.1. The molecule has 0 aliphatic rings. The zero-order valence-electron chi connectivity index (χ0n) is 13.0. The van der Waals surface area contributed by atoms with Gasteiger partial charge in [0.25, 0.3) is 0 Å². The summed E-state index contributed by atoms with van der Waals surface area (Å²) in [7, 11) is 1.52. The minimum absolute atomic E-state index is 0.365. The van der Waals surface area contributed by atoms with Crippen LogP contribution in [0.4, 0.5) is 4.79 Å². The number of pyridine rings is 1. The third kappa shape index (κ3) is 2.59. The Labute approximate surface area is 126 Å². The van der Waals surface area contributed by atoms with Crippen LogP contribution in [-0.4, -0.2) is 32.1 Å². The third-order valence-corrected chi connectivity index (χ3v) is 3.42. The molecule has 2 amide bonds. The Kier molecular flexibility index (Phi) is 3.78. The molecule has 8 nitrogen and oxygen atoms in total. The van der Waals surface area contributed by atoms with Crippen molar-refractivity contribution in [3.05, 3.63) is 28.8 Å². The highest BCUT2D eigenvalue weighted by molar-refractivity contribution is 5.91. The Morgan fingerprint density at radius 3 is 2.55 bits per heavy atom. The van der Waals surface area contributed by atoms with Gasteiger partial charge in [0.1, 0.15) is 6.04 Å². The van der Waals surface area contributed by atoms with Gasteiger partial charge in [0, 0.05) is 13.2 Å². The van der Waals surface area contributed by atoms with Gasteiger partial charge in [-0.05, 0) is 17.5 Å². The molecule has 0 unspecified atom stereocenters. The number of aromatic nitrogens is 3. The molecular weight excluding hydrogens is 286 g/mol. The molecule has 2 aromatic heterocycles. The number of rotatable bonds is 2. The number of nitrogens with two attached hydrogens (primary N) is 1. The van der Waals surface area contributed by atoms with E-state index in [9.17, 15) is 14.4 Å². The highest BCUT2D eigenvalue weighted by atomic mass is 16.2. The van der Waals surface area contributed by atoms with Crippen LogP contribution in [0.15, 0.2) is 23.1 Å². The van der Waals surface area contributed by atoms with E-state index in [-0.39, 0.29) is 0 Å². The lowest BCUT2D eigenvalue weighted by Crippen LogP contribution is -2.54. The van der Waals surface area contributed by atoms with Gasteiger partial charge in [-0.25, -0.2) is 19.1 Å². The summed E-state index contributed by atoms with van der Waals surface area (Å²) in [5.41, 5.74) is 4.98. The first-order valence-corrected chi connectivity index (χ1v) is 6.77. The smallest absolute Gasteiger partial charge is 0.338 e. The van der Waals surface area contributed by atoms with Crippen molar-refractivity contribution in [2.24, 2.45) is 18.2 Å². The zero-order valence-corrected chi connectivity index (χ0v) is 13.0. The Morgan fingerprint density at radius 2 is 2.00 bits per heavy atom. The molecule has 2 rings (SSSR count). The van der Waals surface area contributed by atoms with Gasteiger partial charge in [0.15, 0.2) is 5.65 Å². The van der Waals surface area contributed by atoms with E-state index in [1.165, 1.54) is 17.8 Å². The minimum Gasteiger partial charge on any atom is -0.368 e. The number of nitrogens with zero attached hydrogens (tertiary/aromatic N) is 3. The molecule has 0 spiro atoms. The second-order valence-electron chi connectivity index (χ2n) is 6.17. The number of hydrogen-bond donors (Lipinski definition) is 2. The molecule has 0 aliphatic carbocycles. The van der Waals surface area contributed by atoms with Crippen molar-refractivity contribution in [3.8, 4) is 0 Å². The molecule has 118 valence electrons. The molecule has 1 atom stereocenters. The maximum Gasteiger partial charge on any atom is 0.338 e. The number of aryl methyl sites for hydroxylation is 1. The second kappa shape index (κ2) is 5.28. The van der Waals surface area contributed by atoms with Crippen LogP contribution in [0.1, 0.15) is 20.8 Å². The molecule has 0 saturated carbocycles. The molecule has 0 saturated heterocycles. The predicted octanol–water partition coefficient (Wildman–Crippen LogP) is 0.193. The van der Waals surface area contributed by atoms with Gasteiger partial charge < -0.3 is 11.1 Å². The molecule has 2 aromatic rings. The topological polar surface area (TPSA) is 112 Å². The highest BCUT2D eigenvalue weighted by Gasteiger charge is 2.32. The summed E-state index contributed by atoms with van der Waals surface area (Å²) in [4.78, 5) is 40.3. The van der Waals surface area contributed by atoms with Crippen LogP contribution in [0.2, 0.25) is 0 Å². The fourth-order valence-electron chi connectivity index (χ4n) is 2.26. The van der Waals surface area contributed by atoms with Crippen molar-refractivity contribution < 1.29 is 9.59 Å². The lowest BCUT2D eigenvalue weighted by molar-refractivity contribution is -0.122. The number of fused-ring (bicyclic) bond motifs is 1. The number of primary amides is 1. The van der Waals surface area contributed by atoms with Crippen LogP contribution < -0.4 is 16.7 Å². The summed E-state index contributed by atoms with van der Waals surface area (Å²) >= 11 is 0. The van der Waals surface area contributed by atoms with E-state index in [4.69, 9.17) is 5.73 Å². The summed E-state index contributed by atoms with van der Waals surface area (Å²) in [5, 5.41) is 2.53. The van der Waals surface area contributed by atoms with Crippen molar-refractivity contribution in [2.75, 3.05) is 0 Å². The number of hydrogen-bond acceptors (Lipinski definition) is 4. The second-order valence-corrected chi connectivity index (χ2v) is 6.17. The van der Waals surface area contributed by atoms with Crippen LogP contribution in [0.3, 0.4) is 0 Å². The van der Waals surface area contributed by atoms with Gasteiger partial charge in [0.2, 0.25) is 5.91 Å². The number of amides is 2. The van der Waals surface area contributed by atoms with Crippen LogP contribution >= 0.6 is 0 Å². The molecular formula is C14H19N5O3. The number of imidazole rings is 1. The molecule has 0 bridgehead atoms. The van der Waals surface area contributed by atoms with Crippen LogP contribution in [-0.2, 0) is 11.8 Å². The van der Waals surface area contributed by atoms with Gasteiger partial charge in [-0.3, -0.25) is 9.36 Å².